The van der Waals surface area contributed by atoms with Gasteiger partial charge in [-0.05, 0) is 42.7 Å². The molecule has 2 aromatic carbocycles. The van der Waals surface area contributed by atoms with E-state index >= 15 is 0 Å². The van der Waals surface area contributed by atoms with Gasteiger partial charge < -0.3 is 9.32 Å². The molecule has 1 aliphatic heterocycles. The average Bonchev–Trinajstić information content (AvgIpc) is 3.23. The predicted molar refractivity (Wildman–Crippen MR) is 119 cm³/mol. The van der Waals surface area contributed by atoms with E-state index in [1.807, 2.05) is 18.7 Å². The van der Waals surface area contributed by atoms with E-state index in [1.165, 1.54) is 6.07 Å². The maximum atomic E-state index is 14.7. The molecule has 9 heteroatoms. The first-order valence-electron chi connectivity index (χ1n) is 10.6. The highest BCUT2D eigenvalue weighted by Crippen LogP contribution is 2.33. The number of fused-ring (bicyclic) bond motifs is 1. The largest absolute Gasteiger partial charge is 0.440 e. The highest BCUT2D eigenvalue weighted by Gasteiger charge is 2.28. The molecule has 4 rings (SSSR count). The summed E-state index contributed by atoms with van der Waals surface area (Å²) in [6.07, 6.45) is 2.45. The highest BCUT2D eigenvalue weighted by atomic mass is 19.1. The SMILES string of the molecule is CC(C)C(=O)N1CCC(c2nc3cc(-c4ccc(N(C=N)N=N)cc4F)ccc3o2)CC1. The molecule has 2 N–H and O–H groups in total. The second-order valence-corrected chi connectivity index (χ2v) is 8.23. The average molecular weight is 436 g/mol. The van der Waals surface area contributed by atoms with E-state index in [4.69, 9.17) is 15.4 Å². The van der Waals surface area contributed by atoms with Gasteiger partial charge in [0, 0.05) is 36.6 Å². The van der Waals surface area contributed by atoms with Crippen LogP contribution in [0.4, 0.5) is 10.1 Å². The molecule has 1 amide bonds. The maximum absolute atomic E-state index is 14.7. The smallest absolute Gasteiger partial charge is 0.225 e. The molecule has 1 aliphatic rings. The van der Waals surface area contributed by atoms with E-state index in [9.17, 15) is 9.18 Å². The van der Waals surface area contributed by atoms with E-state index in [0.717, 1.165) is 24.2 Å². The number of hydrogen-bond donors (Lipinski definition) is 2. The van der Waals surface area contributed by atoms with Crippen molar-refractivity contribution in [2.45, 2.75) is 32.6 Å². The Labute approximate surface area is 185 Å². The standard InChI is InChI=1S/C23H25FN6O2/c1-14(2)23(31)29-9-7-15(8-10-29)22-27-20-11-16(3-6-21(20)32-22)18-5-4-17(12-19(18)24)30(13-25)28-26/h3-6,11-15,25-26H,7-10H2,1-2H3. The van der Waals surface area contributed by atoms with Gasteiger partial charge in [-0.15, -0.1) is 0 Å². The predicted octanol–water partition coefficient (Wildman–Crippen LogP) is 5.36. The molecule has 1 aromatic heterocycles. The summed E-state index contributed by atoms with van der Waals surface area (Å²) in [7, 11) is 0. The summed E-state index contributed by atoms with van der Waals surface area (Å²) in [6, 6.07) is 9.80. The van der Waals surface area contributed by atoms with E-state index < -0.39 is 5.82 Å². The lowest BCUT2D eigenvalue weighted by Crippen LogP contribution is -2.40. The number of nitrogens with zero attached hydrogens (tertiary/aromatic N) is 4. The van der Waals surface area contributed by atoms with E-state index in [1.54, 1.807) is 30.3 Å². The second-order valence-electron chi connectivity index (χ2n) is 8.23. The lowest BCUT2D eigenvalue weighted by atomic mass is 9.96. The van der Waals surface area contributed by atoms with Crippen LogP contribution in [0.2, 0.25) is 0 Å². The molecule has 1 saturated heterocycles. The molecule has 0 radical (unpaired) electrons. The summed E-state index contributed by atoms with van der Waals surface area (Å²) in [5.41, 5.74) is 9.69. The fourth-order valence-corrected chi connectivity index (χ4v) is 4.04. The molecule has 0 saturated carbocycles. The summed E-state index contributed by atoms with van der Waals surface area (Å²) >= 11 is 0. The molecule has 0 bridgehead atoms. The van der Waals surface area contributed by atoms with Crippen LogP contribution in [0.5, 0.6) is 0 Å². The van der Waals surface area contributed by atoms with Gasteiger partial charge in [-0.1, -0.05) is 25.1 Å². The minimum absolute atomic E-state index is 0.00157. The summed E-state index contributed by atoms with van der Waals surface area (Å²) < 4.78 is 20.7. The summed E-state index contributed by atoms with van der Waals surface area (Å²) in [6.45, 7) is 5.22. The number of anilines is 1. The Morgan fingerprint density at radius 1 is 1.28 bits per heavy atom. The van der Waals surface area contributed by atoms with Crippen molar-refractivity contribution in [3.05, 3.63) is 48.1 Å². The van der Waals surface area contributed by atoms with Gasteiger partial charge in [0.15, 0.2) is 11.5 Å². The molecule has 2 heterocycles. The summed E-state index contributed by atoms with van der Waals surface area (Å²) in [5, 5.41) is 11.4. The lowest BCUT2D eigenvalue weighted by molar-refractivity contribution is -0.135. The number of nitrogens with one attached hydrogen (secondary N) is 2. The van der Waals surface area contributed by atoms with E-state index in [-0.39, 0.29) is 17.7 Å². The van der Waals surface area contributed by atoms with Crippen molar-refractivity contribution in [3.8, 4) is 11.1 Å². The molecule has 0 aliphatic carbocycles. The lowest BCUT2D eigenvalue weighted by Gasteiger charge is -2.31. The van der Waals surface area contributed by atoms with Crippen molar-refractivity contribution >= 4 is 29.0 Å². The highest BCUT2D eigenvalue weighted by molar-refractivity contribution is 5.82. The normalized spacial score (nSPS) is 14.7. The topological polar surface area (TPSA) is 110 Å². The number of carbonyl (C=O) groups is 1. The van der Waals surface area contributed by atoms with Crippen LogP contribution in [0.1, 0.15) is 38.5 Å². The number of oxazole rings is 1. The van der Waals surface area contributed by atoms with Crippen molar-refractivity contribution in [2.24, 2.45) is 11.1 Å². The van der Waals surface area contributed by atoms with Crippen molar-refractivity contribution in [2.75, 3.05) is 18.1 Å². The first-order valence-corrected chi connectivity index (χ1v) is 10.6. The first-order chi connectivity index (χ1) is 15.4. The Kier molecular flexibility index (Phi) is 5.98. The van der Waals surface area contributed by atoms with Crippen LogP contribution in [0.25, 0.3) is 22.2 Å². The van der Waals surface area contributed by atoms with Crippen molar-refractivity contribution in [1.82, 2.24) is 9.88 Å². The van der Waals surface area contributed by atoms with Crippen LogP contribution in [-0.2, 0) is 4.79 Å². The van der Waals surface area contributed by atoms with Crippen LogP contribution in [-0.4, -0.2) is 35.2 Å². The van der Waals surface area contributed by atoms with Gasteiger partial charge in [0.1, 0.15) is 17.7 Å². The Morgan fingerprint density at radius 2 is 2.03 bits per heavy atom. The zero-order valence-corrected chi connectivity index (χ0v) is 18.0. The Hall–Kier alpha value is -3.62. The van der Waals surface area contributed by atoms with E-state index in [0.29, 0.717) is 46.9 Å². The number of halogens is 1. The molecule has 0 spiro atoms. The van der Waals surface area contributed by atoms with E-state index in [2.05, 4.69) is 10.2 Å². The van der Waals surface area contributed by atoms with Gasteiger partial charge in [0.2, 0.25) is 5.91 Å². The van der Waals surface area contributed by atoms with Gasteiger partial charge in [0.25, 0.3) is 0 Å². The number of aromatic nitrogens is 1. The second kappa shape index (κ2) is 8.86. The van der Waals surface area contributed by atoms with Crippen molar-refractivity contribution in [3.63, 3.8) is 0 Å². The zero-order valence-electron chi connectivity index (χ0n) is 18.0. The van der Waals surface area contributed by atoms with Crippen LogP contribution in [0.15, 0.2) is 46.0 Å². The fourth-order valence-electron chi connectivity index (χ4n) is 4.04. The number of hydrogen-bond acceptors (Lipinski definition) is 6. The third kappa shape index (κ3) is 4.10. The third-order valence-corrected chi connectivity index (χ3v) is 5.81. The molecule has 1 fully saturated rings. The van der Waals surface area contributed by atoms with Gasteiger partial charge in [-0.25, -0.2) is 14.4 Å². The summed E-state index contributed by atoms with van der Waals surface area (Å²) in [4.78, 5) is 18.8. The zero-order chi connectivity index (χ0) is 22.8. The molecule has 0 atom stereocenters. The number of amides is 1. The monoisotopic (exact) mass is 436 g/mol. The molecule has 3 aromatic rings. The number of benzene rings is 2. The number of piperidine rings is 1. The van der Waals surface area contributed by atoms with Crippen LogP contribution < -0.4 is 5.01 Å². The minimum Gasteiger partial charge on any atom is -0.440 e. The third-order valence-electron chi connectivity index (χ3n) is 5.81. The van der Waals surface area contributed by atoms with Crippen molar-refractivity contribution < 1.29 is 13.6 Å². The number of likely N-dealkylation sites (tertiary alicyclic amines) is 1. The number of carbonyl (C=O) groups excluding carboxylic acids is 1. The van der Waals surface area contributed by atoms with Gasteiger partial charge in [-0.3, -0.25) is 10.2 Å². The minimum atomic E-state index is -0.483. The molecule has 166 valence electrons. The van der Waals surface area contributed by atoms with Crippen LogP contribution >= 0.6 is 0 Å². The molecule has 8 nitrogen and oxygen atoms in total. The molecule has 32 heavy (non-hydrogen) atoms. The Morgan fingerprint density at radius 3 is 2.66 bits per heavy atom. The van der Waals surface area contributed by atoms with Gasteiger partial charge in [-0.2, -0.15) is 5.53 Å². The Balaban J connectivity index is 1.55. The quantitative estimate of drug-likeness (QED) is 0.235. The van der Waals surface area contributed by atoms with Gasteiger partial charge in [0.05, 0.1) is 5.69 Å². The van der Waals surface area contributed by atoms with Gasteiger partial charge >= 0.3 is 0 Å². The van der Waals surface area contributed by atoms with Crippen LogP contribution in [0, 0.1) is 22.7 Å². The molecule has 0 unspecified atom stereocenters. The summed E-state index contributed by atoms with van der Waals surface area (Å²) in [5.74, 6) is 0.502. The first kappa shape index (κ1) is 21.6. The molecular formula is C23H25FN6O2. The molecular weight excluding hydrogens is 411 g/mol. The van der Waals surface area contributed by atoms with Crippen molar-refractivity contribution in [1.29, 1.82) is 10.9 Å². The van der Waals surface area contributed by atoms with Crippen LogP contribution in [0.3, 0.4) is 0 Å². The number of rotatable bonds is 6. The Bertz CT molecular complexity index is 1160. The fraction of sp³-hybridized carbons (Fsp3) is 0.348. The maximum Gasteiger partial charge on any atom is 0.225 e.